The molecule has 0 fully saturated rings. The lowest BCUT2D eigenvalue weighted by Gasteiger charge is -2.20. The molecular weight excluding hydrogens is 424 g/mol. The molecule has 0 atom stereocenters. The Bertz CT molecular complexity index is 1970. The summed E-state index contributed by atoms with van der Waals surface area (Å²) in [6.07, 6.45) is 0. The van der Waals surface area contributed by atoms with Gasteiger partial charge in [0.2, 0.25) is 0 Å². The lowest BCUT2D eigenvalue weighted by molar-refractivity contribution is 0.807. The van der Waals surface area contributed by atoms with Crippen LogP contribution in [0.4, 0.5) is 0 Å². The number of nitrogens with zero attached hydrogens (tertiary/aromatic N) is 2. The SMILES string of the molecule is Cc1ccc2c(c1)Cn1c3ccccc3c3cccc(c31)-c1cccc3c4ccccc4n(c13)C2. The molecule has 1 aliphatic rings. The minimum atomic E-state index is 0.862. The fourth-order valence-electron chi connectivity index (χ4n) is 6.38. The maximum Gasteiger partial charge on any atom is 0.0574 e. The second-order valence-electron chi connectivity index (χ2n) is 9.88. The third-order valence-electron chi connectivity index (χ3n) is 7.89. The van der Waals surface area contributed by atoms with E-state index in [0.717, 1.165) is 13.1 Å². The number of rotatable bonds is 0. The van der Waals surface area contributed by atoms with Crippen LogP contribution < -0.4 is 0 Å². The Balaban J connectivity index is 1.64. The van der Waals surface area contributed by atoms with Gasteiger partial charge in [-0.05, 0) is 30.2 Å². The molecule has 0 radical (unpaired) electrons. The van der Waals surface area contributed by atoms with Crippen LogP contribution in [0.25, 0.3) is 54.7 Å². The average Bonchev–Trinajstić information content (AvgIpc) is 3.39. The van der Waals surface area contributed by atoms with Crippen molar-refractivity contribution >= 4 is 43.6 Å². The Morgan fingerprint density at radius 1 is 0.486 bits per heavy atom. The zero-order chi connectivity index (χ0) is 23.1. The van der Waals surface area contributed by atoms with Crippen LogP contribution in [-0.4, -0.2) is 9.13 Å². The van der Waals surface area contributed by atoms with Crippen molar-refractivity contribution in [2.24, 2.45) is 0 Å². The van der Waals surface area contributed by atoms with E-state index in [2.05, 4.69) is 119 Å². The van der Waals surface area contributed by atoms with E-state index in [0.29, 0.717) is 0 Å². The number of benzene rings is 5. The van der Waals surface area contributed by atoms with Crippen molar-refractivity contribution in [3.63, 3.8) is 0 Å². The summed E-state index contributed by atoms with van der Waals surface area (Å²) in [5.41, 5.74) is 12.0. The van der Waals surface area contributed by atoms with Crippen LogP contribution in [0.3, 0.4) is 0 Å². The molecule has 1 aliphatic heterocycles. The van der Waals surface area contributed by atoms with Gasteiger partial charge in [0, 0.05) is 56.8 Å². The standard InChI is InChI=1S/C33H24N2/c1-21-16-17-22-19-34-30-14-4-2-8-24(30)26-10-6-12-28(32(26)34)29-13-7-11-27-25-9-3-5-15-31(25)35(33(27)29)20-23(22)18-21/h2-18H,19-20H2,1H3. The van der Waals surface area contributed by atoms with Crippen LogP contribution in [-0.2, 0) is 13.1 Å². The van der Waals surface area contributed by atoms with Gasteiger partial charge in [0.05, 0.1) is 11.0 Å². The third kappa shape index (κ3) is 2.54. The van der Waals surface area contributed by atoms with E-state index >= 15 is 0 Å². The Kier molecular flexibility index (Phi) is 3.74. The van der Waals surface area contributed by atoms with Crippen LogP contribution in [0.5, 0.6) is 0 Å². The van der Waals surface area contributed by atoms with Gasteiger partial charge in [0.15, 0.2) is 0 Å². The number of hydrogen-bond donors (Lipinski definition) is 0. The minimum absolute atomic E-state index is 0.862. The molecule has 3 heterocycles. The van der Waals surface area contributed by atoms with E-state index in [9.17, 15) is 0 Å². The van der Waals surface area contributed by atoms with Crippen molar-refractivity contribution in [1.29, 1.82) is 0 Å². The average molecular weight is 449 g/mol. The number of fused-ring (bicyclic) bond motifs is 8. The van der Waals surface area contributed by atoms with E-state index in [4.69, 9.17) is 0 Å². The topological polar surface area (TPSA) is 9.86 Å². The Morgan fingerprint density at radius 2 is 1.00 bits per heavy atom. The van der Waals surface area contributed by atoms with Gasteiger partial charge in [-0.1, -0.05) is 96.6 Å². The first-order chi connectivity index (χ1) is 17.3. The Hall–Kier alpha value is -4.30. The first-order valence-electron chi connectivity index (χ1n) is 12.4. The highest BCUT2D eigenvalue weighted by atomic mass is 15.0. The molecule has 0 unspecified atom stereocenters. The minimum Gasteiger partial charge on any atom is -0.335 e. The van der Waals surface area contributed by atoms with Crippen molar-refractivity contribution in [1.82, 2.24) is 9.13 Å². The molecule has 2 heteroatoms. The molecule has 0 spiro atoms. The molecule has 0 bridgehead atoms. The smallest absolute Gasteiger partial charge is 0.0574 e. The maximum absolute atomic E-state index is 2.55. The van der Waals surface area contributed by atoms with Crippen molar-refractivity contribution in [2.75, 3.05) is 0 Å². The molecule has 8 rings (SSSR count). The Morgan fingerprint density at radius 3 is 1.60 bits per heavy atom. The van der Waals surface area contributed by atoms with E-state index in [-0.39, 0.29) is 0 Å². The number of hydrogen-bond acceptors (Lipinski definition) is 0. The largest absolute Gasteiger partial charge is 0.335 e. The van der Waals surface area contributed by atoms with Crippen molar-refractivity contribution in [2.45, 2.75) is 20.0 Å². The molecule has 2 nitrogen and oxygen atoms in total. The normalized spacial score (nSPS) is 13.1. The first kappa shape index (κ1) is 19.1. The number of aromatic nitrogens is 2. The molecule has 0 N–H and O–H groups in total. The van der Waals surface area contributed by atoms with Crippen LogP contribution >= 0.6 is 0 Å². The lowest BCUT2D eigenvalue weighted by Crippen LogP contribution is -2.09. The van der Waals surface area contributed by atoms with Crippen LogP contribution in [0, 0.1) is 6.92 Å². The summed E-state index contributed by atoms with van der Waals surface area (Å²) in [7, 11) is 0. The first-order valence-corrected chi connectivity index (χ1v) is 12.4. The van der Waals surface area contributed by atoms with Crippen LogP contribution in [0.15, 0.2) is 103 Å². The summed E-state index contributed by atoms with van der Waals surface area (Å²) in [6.45, 7) is 3.93. The Labute approximate surface area is 203 Å². The maximum atomic E-state index is 2.55. The summed E-state index contributed by atoms with van der Waals surface area (Å²) in [4.78, 5) is 0. The predicted molar refractivity (Wildman–Crippen MR) is 147 cm³/mol. The van der Waals surface area contributed by atoms with Crippen LogP contribution in [0.2, 0.25) is 0 Å². The molecule has 0 amide bonds. The quantitative estimate of drug-likeness (QED) is 0.221. The van der Waals surface area contributed by atoms with Gasteiger partial charge in [-0.15, -0.1) is 0 Å². The molecule has 0 aliphatic carbocycles. The summed E-state index contributed by atoms with van der Waals surface area (Å²) in [5, 5.41) is 5.30. The summed E-state index contributed by atoms with van der Waals surface area (Å²) in [6, 6.07) is 38.4. The van der Waals surface area contributed by atoms with Gasteiger partial charge in [0.25, 0.3) is 0 Å². The van der Waals surface area contributed by atoms with E-state index < -0.39 is 0 Å². The zero-order valence-corrected chi connectivity index (χ0v) is 19.6. The highest BCUT2D eigenvalue weighted by Crippen LogP contribution is 2.42. The second-order valence-corrected chi connectivity index (χ2v) is 9.88. The summed E-state index contributed by atoms with van der Waals surface area (Å²) >= 11 is 0. The molecule has 35 heavy (non-hydrogen) atoms. The van der Waals surface area contributed by atoms with E-state index in [1.807, 2.05) is 0 Å². The summed E-state index contributed by atoms with van der Waals surface area (Å²) < 4.78 is 5.10. The monoisotopic (exact) mass is 448 g/mol. The van der Waals surface area contributed by atoms with Crippen LogP contribution in [0.1, 0.15) is 16.7 Å². The predicted octanol–water partition coefficient (Wildman–Crippen LogP) is 8.29. The van der Waals surface area contributed by atoms with E-state index in [1.165, 1.54) is 71.4 Å². The lowest BCUT2D eigenvalue weighted by atomic mass is 9.98. The van der Waals surface area contributed by atoms with Gasteiger partial charge < -0.3 is 9.13 Å². The van der Waals surface area contributed by atoms with Gasteiger partial charge in [-0.3, -0.25) is 0 Å². The summed E-state index contributed by atoms with van der Waals surface area (Å²) in [5.74, 6) is 0. The third-order valence-corrected chi connectivity index (χ3v) is 7.89. The van der Waals surface area contributed by atoms with Gasteiger partial charge >= 0.3 is 0 Å². The molecule has 0 saturated heterocycles. The second kappa shape index (κ2) is 6.86. The van der Waals surface area contributed by atoms with E-state index in [1.54, 1.807) is 0 Å². The van der Waals surface area contributed by atoms with Gasteiger partial charge in [0.1, 0.15) is 0 Å². The zero-order valence-electron chi connectivity index (χ0n) is 19.6. The fourth-order valence-corrected chi connectivity index (χ4v) is 6.38. The highest BCUT2D eigenvalue weighted by Gasteiger charge is 2.22. The molecule has 5 aromatic carbocycles. The number of aryl methyl sites for hydroxylation is 1. The van der Waals surface area contributed by atoms with Crippen molar-refractivity contribution in [3.05, 3.63) is 120 Å². The van der Waals surface area contributed by atoms with Gasteiger partial charge in [-0.2, -0.15) is 0 Å². The highest BCUT2D eigenvalue weighted by molar-refractivity contribution is 6.18. The molecule has 0 saturated carbocycles. The van der Waals surface area contributed by atoms with Crippen molar-refractivity contribution < 1.29 is 0 Å². The van der Waals surface area contributed by atoms with Gasteiger partial charge in [-0.25, -0.2) is 0 Å². The number of para-hydroxylation sites is 4. The fraction of sp³-hybridized carbons (Fsp3) is 0.0909. The molecular formula is C33H24N2. The molecule has 7 aromatic rings. The molecule has 2 aromatic heterocycles. The molecule has 166 valence electrons. The van der Waals surface area contributed by atoms with Crippen molar-refractivity contribution in [3.8, 4) is 11.1 Å².